The van der Waals surface area contributed by atoms with Crippen LogP contribution in [-0.4, -0.2) is 29.1 Å². The minimum absolute atomic E-state index is 0.291. The summed E-state index contributed by atoms with van der Waals surface area (Å²) in [4.78, 5) is 13.2. The fourth-order valence-electron chi connectivity index (χ4n) is 2.99. The van der Waals surface area contributed by atoms with Crippen molar-refractivity contribution in [2.24, 2.45) is 0 Å². The zero-order chi connectivity index (χ0) is 17.8. The first kappa shape index (κ1) is 17.3. The van der Waals surface area contributed by atoms with Crippen LogP contribution < -0.4 is 0 Å². The first-order valence-electron chi connectivity index (χ1n) is 8.20. The lowest BCUT2D eigenvalue weighted by molar-refractivity contribution is 0.0697. The predicted molar refractivity (Wildman–Crippen MR) is 92.2 cm³/mol. The summed E-state index contributed by atoms with van der Waals surface area (Å²) in [5.74, 6) is -2.57. The van der Waals surface area contributed by atoms with E-state index in [1.165, 1.54) is 11.6 Å². The smallest absolute Gasteiger partial charge is 0.335 e. The first-order chi connectivity index (χ1) is 12.0. The highest BCUT2D eigenvalue weighted by molar-refractivity contribution is 5.87. The molecule has 0 radical (unpaired) electrons. The number of piperidine rings is 1. The SMILES string of the molecule is O=C(O)c1ccc(CN2CCC(=Cc3ccc(F)c(F)c3)CC2)cc1. The van der Waals surface area contributed by atoms with Gasteiger partial charge in [0, 0.05) is 19.6 Å². The number of aromatic carboxylic acids is 1. The number of nitrogens with zero attached hydrogens (tertiary/aromatic N) is 1. The largest absolute Gasteiger partial charge is 0.478 e. The second-order valence-corrected chi connectivity index (χ2v) is 6.25. The van der Waals surface area contributed by atoms with E-state index >= 15 is 0 Å². The molecule has 0 atom stereocenters. The standard InChI is InChI=1S/C20H19F2NO2/c21-18-6-3-16(12-19(18)22)11-14-7-9-23(10-8-14)13-15-1-4-17(5-2-15)20(24)25/h1-6,11-12H,7-10,13H2,(H,24,25). The highest BCUT2D eigenvalue weighted by Crippen LogP contribution is 2.22. The number of carbonyl (C=O) groups is 1. The van der Waals surface area contributed by atoms with E-state index in [1.54, 1.807) is 18.2 Å². The lowest BCUT2D eigenvalue weighted by Gasteiger charge is -2.28. The topological polar surface area (TPSA) is 40.5 Å². The molecule has 5 heteroatoms. The van der Waals surface area contributed by atoms with Gasteiger partial charge in [-0.25, -0.2) is 13.6 Å². The quantitative estimate of drug-likeness (QED) is 0.898. The van der Waals surface area contributed by atoms with Crippen LogP contribution in [0.15, 0.2) is 48.0 Å². The molecular weight excluding hydrogens is 324 g/mol. The maximum Gasteiger partial charge on any atom is 0.335 e. The van der Waals surface area contributed by atoms with Crippen LogP contribution in [0.2, 0.25) is 0 Å². The molecule has 0 saturated carbocycles. The first-order valence-corrected chi connectivity index (χ1v) is 8.20. The number of halogens is 2. The van der Waals surface area contributed by atoms with Crippen molar-refractivity contribution < 1.29 is 18.7 Å². The van der Waals surface area contributed by atoms with E-state index in [2.05, 4.69) is 4.90 Å². The number of carboxylic acids is 1. The van der Waals surface area contributed by atoms with Crippen molar-refractivity contribution >= 4 is 12.0 Å². The van der Waals surface area contributed by atoms with Gasteiger partial charge in [-0.2, -0.15) is 0 Å². The van der Waals surface area contributed by atoms with Crippen LogP contribution in [0, 0.1) is 11.6 Å². The number of likely N-dealkylation sites (tertiary alicyclic amines) is 1. The Labute approximate surface area is 145 Å². The third-order valence-electron chi connectivity index (χ3n) is 4.42. The van der Waals surface area contributed by atoms with E-state index in [0.717, 1.165) is 44.1 Å². The van der Waals surface area contributed by atoms with E-state index in [1.807, 2.05) is 18.2 Å². The summed E-state index contributed by atoms with van der Waals surface area (Å²) in [5, 5.41) is 8.92. The second kappa shape index (κ2) is 7.57. The third kappa shape index (κ3) is 4.51. The van der Waals surface area contributed by atoms with Crippen molar-refractivity contribution in [1.82, 2.24) is 4.90 Å². The predicted octanol–water partition coefficient (Wildman–Crippen LogP) is 4.34. The summed E-state index contributed by atoms with van der Waals surface area (Å²) >= 11 is 0. The molecule has 1 heterocycles. The minimum Gasteiger partial charge on any atom is -0.478 e. The molecule has 25 heavy (non-hydrogen) atoms. The van der Waals surface area contributed by atoms with Gasteiger partial charge in [0.05, 0.1) is 5.56 Å². The van der Waals surface area contributed by atoms with Gasteiger partial charge in [-0.1, -0.05) is 29.8 Å². The van der Waals surface area contributed by atoms with Crippen molar-refractivity contribution in [3.63, 3.8) is 0 Å². The Morgan fingerprint density at radius 2 is 1.72 bits per heavy atom. The zero-order valence-corrected chi connectivity index (χ0v) is 13.7. The molecule has 2 aromatic rings. The molecule has 3 nitrogen and oxygen atoms in total. The van der Waals surface area contributed by atoms with Crippen LogP contribution in [0.5, 0.6) is 0 Å². The molecule has 3 rings (SSSR count). The normalized spacial score (nSPS) is 15.2. The lowest BCUT2D eigenvalue weighted by Crippen LogP contribution is -2.30. The van der Waals surface area contributed by atoms with Crippen LogP contribution in [0.3, 0.4) is 0 Å². The summed E-state index contributed by atoms with van der Waals surface area (Å²) in [5.41, 5.74) is 3.28. The van der Waals surface area contributed by atoms with E-state index in [0.29, 0.717) is 11.1 Å². The molecule has 0 unspecified atom stereocenters. The fraction of sp³-hybridized carbons (Fsp3) is 0.250. The number of rotatable bonds is 4. The summed E-state index contributed by atoms with van der Waals surface area (Å²) in [6, 6.07) is 10.9. The zero-order valence-electron chi connectivity index (χ0n) is 13.7. The van der Waals surface area contributed by atoms with Crippen LogP contribution in [0.25, 0.3) is 6.08 Å². The molecule has 0 amide bonds. The van der Waals surface area contributed by atoms with Gasteiger partial charge in [-0.05, 0) is 48.2 Å². The van der Waals surface area contributed by atoms with Gasteiger partial charge >= 0.3 is 5.97 Å². The van der Waals surface area contributed by atoms with Crippen LogP contribution in [0.1, 0.15) is 34.3 Å². The van der Waals surface area contributed by atoms with Gasteiger partial charge < -0.3 is 5.11 Å². The van der Waals surface area contributed by atoms with Crippen molar-refractivity contribution in [3.05, 3.63) is 76.4 Å². The van der Waals surface area contributed by atoms with Gasteiger partial charge in [-0.15, -0.1) is 0 Å². The van der Waals surface area contributed by atoms with Gasteiger partial charge in [0.2, 0.25) is 0 Å². The number of hydrogen-bond donors (Lipinski definition) is 1. The average Bonchev–Trinajstić information content (AvgIpc) is 2.60. The Morgan fingerprint density at radius 1 is 1.04 bits per heavy atom. The molecule has 0 aliphatic carbocycles. The van der Waals surface area contributed by atoms with Gasteiger partial charge in [-0.3, -0.25) is 4.90 Å². The Hall–Kier alpha value is -2.53. The molecule has 2 aromatic carbocycles. The van der Waals surface area contributed by atoms with Gasteiger partial charge in [0.1, 0.15) is 0 Å². The molecule has 1 aliphatic rings. The molecule has 1 saturated heterocycles. The number of hydrogen-bond acceptors (Lipinski definition) is 2. The number of carboxylic acid groups (broad SMARTS) is 1. The van der Waals surface area contributed by atoms with Crippen LogP contribution in [0.4, 0.5) is 8.78 Å². The highest BCUT2D eigenvalue weighted by Gasteiger charge is 2.14. The maximum absolute atomic E-state index is 13.3. The third-order valence-corrected chi connectivity index (χ3v) is 4.42. The lowest BCUT2D eigenvalue weighted by atomic mass is 10.00. The molecule has 0 bridgehead atoms. The average molecular weight is 343 g/mol. The molecule has 130 valence electrons. The van der Waals surface area contributed by atoms with E-state index in [-0.39, 0.29) is 0 Å². The van der Waals surface area contributed by atoms with Gasteiger partial charge in [0.15, 0.2) is 11.6 Å². The molecule has 1 fully saturated rings. The minimum atomic E-state index is -0.920. The van der Waals surface area contributed by atoms with Crippen molar-refractivity contribution in [3.8, 4) is 0 Å². The molecule has 1 N–H and O–H groups in total. The fourth-order valence-corrected chi connectivity index (χ4v) is 2.99. The molecule has 0 aromatic heterocycles. The number of benzene rings is 2. The van der Waals surface area contributed by atoms with Crippen LogP contribution >= 0.6 is 0 Å². The summed E-state index contributed by atoms with van der Waals surface area (Å²) in [7, 11) is 0. The summed E-state index contributed by atoms with van der Waals surface area (Å²) in [6.45, 7) is 2.55. The Morgan fingerprint density at radius 3 is 2.32 bits per heavy atom. The molecule has 0 spiro atoms. The van der Waals surface area contributed by atoms with E-state index in [9.17, 15) is 13.6 Å². The molecular formula is C20H19F2NO2. The summed E-state index contributed by atoms with van der Waals surface area (Å²) in [6.07, 6.45) is 3.69. The second-order valence-electron chi connectivity index (χ2n) is 6.25. The maximum atomic E-state index is 13.3. The Kier molecular flexibility index (Phi) is 5.24. The Bertz CT molecular complexity index is 790. The monoisotopic (exact) mass is 343 g/mol. The highest BCUT2D eigenvalue weighted by atomic mass is 19.2. The van der Waals surface area contributed by atoms with Crippen molar-refractivity contribution in [2.75, 3.05) is 13.1 Å². The van der Waals surface area contributed by atoms with E-state index in [4.69, 9.17) is 5.11 Å². The molecule has 1 aliphatic heterocycles. The van der Waals surface area contributed by atoms with Crippen molar-refractivity contribution in [2.45, 2.75) is 19.4 Å². The van der Waals surface area contributed by atoms with Gasteiger partial charge in [0.25, 0.3) is 0 Å². The van der Waals surface area contributed by atoms with E-state index < -0.39 is 17.6 Å². The summed E-state index contributed by atoms with van der Waals surface area (Å²) < 4.78 is 26.2. The Balaban J connectivity index is 1.57. The van der Waals surface area contributed by atoms with Crippen LogP contribution in [-0.2, 0) is 6.54 Å². The van der Waals surface area contributed by atoms with Crippen molar-refractivity contribution in [1.29, 1.82) is 0 Å².